The number of alkyl halides is 3. The van der Waals surface area contributed by atoms with Gasteiger partial charge < -0.3 is 5.11 Å². The molecule has 102 valence electrons. The second-order valence-electron chi connectivity index (χ2n) is 4.03. The van der Waals surface area contributed by atoms with Gasteiger partial charge in [-0.2, -0.15) is 18.4 Å². The van der Waals surface area contributed by atoms with Crippen LogP contribution in [0, 0.1) is 11.3 Å². The fourth-order valence-electron chi connectivity index (χ4n) is 1.78. The molecule has 0 fully saturated rings. The number of hydrogen-bond donors (Lipinski definition) is 1. The Morgan fingerprint density at radius 1 is 1.05 bits per heavy atom. The van der Waals surface area contributed by atoms with Gasteiger partial charge in [0.25, 0.3) is 0 Å². The average Bonchev–Trinajstić information content (AvgIpc) is 2.37. The predicted molar refractivity (Wildman–Crippen MR) is 68.3 cm³/mol. The summed E-state index contributed by atoms with van der Waals surface area (Å²) in [6, 6.07) is 9.44. The molecule has 0 radical (unpaired) electrons. The highest BCUT2D eigenvalue weighted by molar-refractivity contribution is 6.30. The molecule has 0 unspecified atom stereocenters. The Bertz CT molecular complexity index is 687. The van der Waals surface area contributed by atoms with Gasteiger partial charge in [0.1, 0.15) is 17.4 Å². The van der Waals surface area contributed by atoms with Gasteiger partial charge in [-0.05, 0) is 35.4 Å². The van der Waals surface area contributed by atoms with Gasteiger partial charge in [0.15, 0.2) is 0 Å². The van der Waals surface area contributed by atoms with Crippen LogP contribution in [0.5, 0.6) is 5.75 Å². The average molecular weight is 298 g/mol. The van der Waals surface area contributed by atoms with Crippen LogP contribution in [0.2, 0.25) is 5.02 Å². The van der Waals surface area contributed by atoms with E-state index in [0.29, 0.717) is 10.6 Å². The van der Waals surface area contributed by atoms with Crippen LogP contribution in [0.15, 0.2) is 36.4 Å². The van der Waals surface area contributed by atoms with Crippen molar-refractivity contribution in [3.05, 3.63) is 52.5 Å². The van der Waals surface area contributed by atoms with E-state index in [1.807, 2.05) is 0 Å². The molecule has 1 N–H and O–H groups in total. The molecular formula is C14H7ClF3NO. The van der Waals surface area contributed by atoms with Crippen LogP contribution in [0.4, 0.5) is 13.2 Å². The number of nitriles is 1. The minimum Gasteiger partial charge on any atom is -0.507 e. The van der Waals surface area contributed by atoms with Crippen molar-refractivity contribution in [3.63, 3.8) is 0 Å². The number of phenolic OH excluding ortho intramolecular Hbond substituents is 1. The second kappa shape index (κ2) is 5.06. The topological polar surface area (TPSA) is 44.0 Å². The van der Waals surface area contributed by atoms with E-state index in [0.717, 1.165) is 12.1 Å². The van der Waals surface area contributed by atoms with Crippen molar-refractivity contribution in [2.24, 2.45) is 0 Å². The maximum absolute atomic E-state index is 12.9. The molecule has 0 aliphatic rings. The Morgan fingerprint density at radius 3 is 2.15 bits per heavy atom. The van der Waals surface area contributed by atoms with Crippen molar-refractivity contribution >= 4 is 11.6 Å². The van der Waals surface area contributed by atoms with Crippen LogP contribution in [0.3, 0.4) is 0 Å². The molecule has 0 aliphatic carbocycles. The molecule has 0 atom stereocenters. The molecule has 2 aromatic carbocycles. The zero-order valence-electron chi connectivity index (χ0n) is 9.87. The van der Waals surface area contributed by atoms with Gasteiger partial charge in [0.2, 0.25) is 0 Å². The number of nitrogens with zero attached hydrogens (tertiary/aromatic N) is 1. The lowest BCUT2D eigenvalue weighted by Crippen LogP contribution is -2.08. The predicted octanol–water partition coefficient (Wildman–Crippen LogP) is 4.60. The summed E-state index contributed by atoms with van der Waals surface area (Å²) in [6.45, 7) is 0. The summed E-state index contributed by atoms with van der Waals surface area (Å²) in [7, 11) is 0. The maximum atomic E-state index is 12.9. The largest absolute Gasteiger partial charge is 0.507 e. The highest BCUT2D eigenvalue weighted by Gasteiger charge is 2.35. The van der Waals surface area contributed by atoms with E-state index in [1.165, 1.54) is 30.3 Å². The molecule has 0 heterocycles. The first-order valence-corrected chi connectivity index (χ1v) is 5.81. The monoisotopic (exact) mass is 297 g/mol. The molecule has 0 saturated carbocycles. The molecule has 0 amide bonds. The Morgan fingerprint density at radius 2 is 1.65 bits per heavy atom. The third-order valence-electron chi connectivity index (χ3n) is 2.71. The highest BCUT2D eigenvalue weighted by Crippen LogP contribution is 2.38. The van der Waals surface area contributed by atoms with Crippen LogP contribution in [-0.4, -0.2) is 5.11 Å². The number of rotatable bonds is 1. The van der Waals surface area contributed by atoms with Crippen molar-refractivity contribution in [1.29, 1.82) is 5.26 Å². The van der Waals surface area contributed by atoms with Gasteiger partial charge in [-0.25, -0.2) is 0 Å². The molecule has 0 aliphatic heterocycles. The minimum absolute atomic E-state index is 0.158. The zero-order valence-corrected chi connectivity index (χ0v) is 10.6. The van der Waals surface area contributed by atoms with Gasteiger partial charge in [-0.3, -0.25) is 0 Å². The third kappa shape index (κ3) is 2.70. The van der Waals surface area contributed by atoms with E-state index in [2.05, 4.69) is 0 Å². The Labute approximate surface area is 117 Å². The van der Waals surface area contributed by atoms with Gasteiger partial charge in [0, 0.05) is 5.02 Å². The molecule has 2 rings (SSSR count). The van der Waals surface area contributed by atoms with Gasteiger partial charge in [0.05, 0.1) is 5.56 Å². The van der Waals surface area contributed by atoms with E-state index in [4.69, 9.17) is 16.9 Å². The first-order valence-electron chi connectivity index (χ1n) is 5.43. The smallest absolute Gasteiger partial charge is 0.417 e. The number of aromatic hydroxyl groups is 1. The van der Waals surface area contributed by atoms with Crippen LogP contribution in [0.1, 0.15) is 11.1 Å². The Hall–Kier alpha value is -2.19. The van der Waals surface area contributed by atoms with Gasteiger partial charge in [-0.15, -0.1) is 0 Å². The highest BCUT2D eigenvalue weighted by atomic mass is 35.5. The maximum Gasteiger partial charge on any atom is 0.417 e. The minimum atomic E-state index is -4.72. The molecule has 20 heavy (non-hydrogen) atoms. The van der Waals surface area contributed by atoms with Crippen molar-refractivity contribution < 1.29 is 18.3 Å². The summed E-state index contributed by atoms with van der Waals surface area (Å²) < 4.78 is 38.7. The van der Waals surface area contributed by atoms with Crippen LogP contribution >= 0.6 is 11.6 Å². The molecule has 2 aromatic rings. The normalized spacial score (nSPS) is 11.2. The molecule has 0 saturated heterocycles. The molecule has 6 heteroatoms. The lowest BCUT2D eigenvalue weighted by Gasteiger charge is -2.12. The van der Waals surface area contributed by atoms with Crippen LogP contribution < -0.4 is 0 Å². The summed E-state index contributed by atoms with van der Waals surface area (Å²) in [4.78, 5) is 0. The van der Waals surface area contributed by atoms with Crippen molar-refractivity contribution in [3.8, 4) is 22.9 Å². The first-order chi connectivity index (χ1) is 9.32. The lowest BCUT2D eigenvalue weighted by molar-refractivity contribution is -0.137. The summed E-state index contributed by atoms with van der Waals surface area (Å²) in [5, 5.41) is 18.8. The molecule has 0 aromatic heterocycles. The molecule has 0 bridgehead atoms. The van der Waals surface area contributed by atoms with Crippen LogP contribution in [0.25, 0.3) is 11.1 Å². The molecule has 2 nitrogen and oxygen atoms in total. The number of benzene rings is 2. The SMILES string of the molecule is N#Cc1c(O)cc(-c2ccc(Cl)cc2)cc1C(F)(F)F. The zero-order chi connectivity index (χ0) is 14.9. The van der Waals surface area contributed by atoms with Crippen LogP contribution in [-0.2, 0) is 6.18 Å². The molecular weight excluding hydrogens is 291 g/mol. The van der Waals surface area contributed by atoms with E-state index < -0.39 is 23.1 Å². The van der Waals surface area contributed by atoms with Gasteiger partial charge in [-0.1, -0.05) is 23.7 Å². The molecule has 0 spiro atoms. The first kappa shape index (κ1) is 14.2. The van der Waals surface area contributed by atoms with E-state index in [1.54, 1.807) is 0 Å². The standard InChI is InChI=1S/C14H7ClF3NO/c15-10-3-1-8(2-4-10)9-5-12(14(16,17)18)11(7-19)13(20)6-9/h1-6,20H. The number of halogens is 4. The fourth-order valence-corrected chi connectivity index (χ4v) is 1.90. The van der Waals surface area contributed by atoms with Gasteiger partial charge >= 0.3 is 6.18 Å². The quantitative estimate of drug-likeness (QED) is 0.836. The third-order valence-corrected chi connectivity index (χ3v) is 2.96. The second-order valence-corrected chi connectivity index (χ2v) is 4.47. The summed E-state index contributed by atoms with van der Waals surface area (Å²) >= 11 is 5.71. The Balaban J connectivity index is 2.66. The Kier molecular flexibility index (Phi) is 3.60. The van der Waals surface area contributed by atoms with E-state index >= 15 is 0 Å². The van der Waals surface area contributed by atoms with Crippen molar-refractivity contribution in [1.82, 2.24) is 0 Å². The summed E-state index contributed by atoms with van der Waals surface area (Å²) in [6.07, 6.45) is -4.72. The fraction of sp³-hybridized carbons (Fsp3) is 0.0714. The summed E-state index contributed by atoms with van der Waals surface area (Å²) in [5.74, 6) is -0.702. The number of phenols is 1. The van der Waals surface area contributed by atoms with Crippen molar-refractivity contribution in [2.45, 2.75) is 6.18 Å². The number of hydrogen-bond acceptors (Lipinski definition) is 2. The van der Waals surface area contributed by atoms with Crippen molar-refractivity contribution in [2.75, 3.05) is 0 Å². The van der Waals surface area contributed by atoms with E-state index in [-0.39, 0.29) is 5.56 Å². The lowest BCUT2D eigenvalue weighted by atomic mass is 9.98. The van der Waals surface area contributed by atoms with E-state index in [9.17, 15) is 18.3 Å². The summed E-state index contributed by atoms with van der Waals surface area (Å²) in [5.41, 5.74) is -1.33.